The van der Waals surface area contributed by atoms with E-state index in [9.17, 15) is 13.2 Å². The highest BCUT2D eigenvalue weighted by Gasteiger charge is 2.42. The molecule has 2 aliphatic rings. The molecule has 4 heterocycles. The number of alkyl halides is 3. The molecule has 0 amide bonds. The molecule has 0 saturated carbocycles. The molecule has 2 unspecified atom stereocenters. The average molecular weight is 392 g/mol. The maximum atomic E-state index is 12.6. The third-order valence-corrected chi connectivity index (χ3v) is 5.68. The Hall–Kier alpha value is -2.62. The Morgan fingerprint density at radius 3 is 2.43 bits per heavy atom. The smallest absolute Gasteiger partial charge is 0.416 e. The SMILES string of the molecule is Cn1c(N2CC3CN(Cc4nnc(C(F)(F)F)o4)CC3C2)nc2ccccc21. The van der Waals surface area contributed by atoms with Crippen LogP contribution in [0.2, 0.25) is 0 Å². The van der Waals surface area contributed by atoms with Crippen LogP contribution in [0.1, 0.15) is 11.8 Å². The van der Waals surface area contributed by atoms with Gasteiger partial charge in [0.2, 0.25) is 11.8 Å². The first-order valence-corrected chi connectivity index (χ1v) is 9.17. The number of imidazole rings is 1. The van der Waals surface area contributed by atoms with Gasteiger partial charge < -0.3 is 13.9 Å². The van der Waals surface area contributed by atoms with Crippen molar-refractivity contribution in [3.05, 3.63) is 36.0 Å². The van der Waals surface area contributed by atoms with E-state index >= 15 is 0 Å². The number of halogens is 3. The molecule has 0 aliphatic carbocycles. The van der Waals surface area contributed by atoms with Crippen molar-refractivity contribution in [3.8, 4) is 0 Å². The minimum Gasteiger partial charge on any atom is -0.416 e. The van der Waals surface area contributed by atoms with Crippen LogP contribution in [-0.4, -0.2) is 50.8 Å². The lowest BCUT2D eigenvalue weighted by molar-refractivity contribution is -0.157. The molecular weight excluding hydrogens is 373 g/mol. The van der Waals surface area contributed by atoms with Crippen molar-refractivity contribution >= 4 is 17.0 Å². The number of likely N-dealkylation sites (tertiary alicyclic amines) is 1. The highest BCUT2D eigenvalue weighted by molar-refractivity contribution is 5.78. The van der Waals surface area contributed by atoms with Crippen molar-refractivity contribution in [3.63, 3.8) is 0 Å². The summed E-state index contributed by atoms with van der Waals surface area (Å²) in [5.41, 5.74) is 2.09. The van der Waals surface area contributed by atoms with Gasteiger partial charge in [-0.2, -0.15) is 13.2 Å². The van der Waals surface area contributed by atoms with Crippen LogP contribution in [0.5, 0.6) is 0 Å². The van der Waals surface area contributed by atoms with Gasteiger partial charge in [0.15, 0.2) is 0 Å². The zero-order chi connectivity index (χ0) is 19.5. The van der Waals surface area contributed by atoms with Crippen LogP contribution >= 0.6 is 0 Å². The lowest BCUT2D eigenvalue weighted by Crippen LogP contribution is -2.30. The van der Waals surface area contributed by atoms with E-state index in [2.05, 4.69) is 30.6 Å². The summed E-state index contributed by atoms with van der Waals surface area (Å²) in [5.74, 6) is 0.595. The molecule has 2 aliphatic heterocycles. The lowest BCUT2D eigenvalue weighted by atomic mass is 10.0. The van der Waals surface area contributed by atoms with Crippen molar-refractivity contribution < 1.29 is 17.6 Å². The van der Waals surface area contributed by atoms with Gasteiger partial charge in [0.05, 0.1) is 17.6 Å². The molecule has 3 aromatic rings. The number of aryl methyl sites for hydroxylation is 1. The third-order valence-electron chi connectivity index (χ3n) is 5.68. The second-order valence-corrected chi connectivity index (χ2v) is 7.58. The number of nitrogens with zero attached hydrogens (tertiary/aromatic N) is 6. The topological polar surface area (TPSA) is 63.2 Å². The van der Waals surface area contributed by atoms with E-state index in [0.717, 1.165) is 43.2 Å². The van der Waals surface area contributed by atoms with Gasteiger partial charge in [0, 0.05) is 33.2 Å². The predicted molar refractivity (Wildman–Crippen MR) is 94.5 cm³/mol. The van der Waals surface area contributed by atoms with E-state index in [1.165, 1.54) is 0 Å². The number of fused-ring (bicyclic) bond motifs is 2. The second-order valence-electron chi connectivity index (χ2n) is 7.58. The predicted octanol–water partition coefficient (Wildman–Crippen LogP) is 2.54. The quantitative estimate of drug-likeness (QED) is 0.683. The van der Waals surface area contributed by atoms with E-state index < -0.39 is 12.1 Å². The van der Waals surface area contributed by atoms with Crippen molar-refractivity contribution in [1.29, 1.82) is 0 Å². The summed E-state index contributed by atoms with van der Waals surface area (Å²) >= 11 is 0. The van der Waals surface area contributed by atoms with E-state index in [-0.39, 0.29) is 12.4 Å². The van der Waals surface area contributed by atoms with Gasteiger partial charge in [-0.1, -0.05) is 12.1 Å². The van der Waals surface area contributed by atoms with Crippen molar-refractivity contribution in [2.24, 2.45) is 18.9 Å². The molecule has 0 N–H and O–H groups in total. The molecule has 148 valence electrons. The fourth-order valence-corrected chi connectivity index (χ4v) is 4.42. The van der Waals surface area contributed by atoms with Crippen molar-refractivity contribution in [1.82, 2.24) is 24.6 Å². The van der Waals surface area contributed by atoms with Gasteiger partial charge in [-0.3, -0.25) is 4.90 Å². The zero-order valence-electron chi connectivity index (χ0n) is 15.2. The number of aromatic nitrogens is 4. The van der Waals surface area contributed by atoms with Crippen LogP contribution in [0.15, 0.2) is 28.7 Å². The van der Waals surface area contributed by atoms with Gasteiger partial charge in [0.25, 0.3) is 0 Å². The molecular formula is C18H19F3N6O. The molecule has 2 saturated heterocycles. The molecule has 7 nitrogen and oxygen atoms in total. The fourth-order valence-electron chi connectivity index (χ4n) is 4.42. The molecule has 10 heteroatoms. The summed E-state index contributed by atoms with van der Waals surface area (Å²) in [6.45, 7) is 3.62. The molecule has 0 bridgehead atoms. The number of rotatable bonds is 3. The fraction of sp³-hybridized carbons (Fsp3) is 0.500. The monoisotopic (exact) mass is 392 g/mol. The van der Waals surface area contributed by atoms with Crippen LogP contribution in [0, 0.1) is 11.8 Å². The van der Waals surface area contributed by atoms with E-state index in [1.54, 1.807) is 0 Å². The van der Waals surface area contributed by atoms with Crippen LogP contribution in [0.3, 0.4) is 0 Å². The standard InChI is InChI=1S/C18H19F3N6O/c1-25-14-5-3-2-4-13(14)22-17(25)27-8-11-6-26(7-12(11)9-27)10-15-23-24-16(28-15)18(19,20)21/h2-5,11-12H,6-10H2,1H3. The Kier molecular flexibility index (Phi) is 3.87. The van der Waals surface area contributed by atoms with Gasteiger partial charge in [-0.15, -0.1) is 10.2 Å². The number of hydrogen-bond donors (Lipinski definition) is 0. The zero-order valence-corrected chi connectivity index (χ0v) is 15.2. The van der Waals surface area contributed by atoms with Crippen molar-refractivity contribution in [2.75, 3.05) is 31.1 Å². The number of anilines is 1. The Morgan fingerprint density at radius 2 is 1.79 bits per heavy atom. The summed E-state index contributed by atoms with van der Waals surface area (Å²) in [5, 5.41) is 6.63. The van der Waals surface area contributed by atoms with Crippen LogP contribution in [-0.2, 0) is 19.8 Å². The minimum atomic E-state index is -4.60. The summed E-state index contributed by atoms with van der Waals surface area (Å²) in [6, 6.07) is 8.06. The van der Waals surface area contributed by atoms with Crippen LogP contribution in [0.4, 0.5) is 19.1 Å². The van der Waals surface area contributed by atoms with Gasteiger partial charge >= 0.3 is 12.1 Å². The Labute approximate surface area is 158 Å². The van der Waals surface area contributed by atoms with Crippen LogP contribution in [0.25, 0.3) is 11.0 Å². The van der Waals surface area contributed by atoms with E-state index in [4.69, 9.17) is 9.40 Å². The summed E-state index contributed by atoms with van der Waals surface area (Å²) < 4.78 is 44.7. The molecule has 0 radical (unpaired) electrons. The third kappa shape index (κ3) is 2.92. The average Bonchev–Trinajstić information content (AvgIpc) is 3.38. The molecule has 2 aromatic heterocycles. The summed E-state index contributed by atoms with van der Waals surface area (Å²) in [4.78, 5) is 9.17. The summed E-state index contributed by atoms with van der Waals surface area (Å²) in [6.07, 6.45) is -4.60. The Bertz CT molecular complexity index is 998. The molecule has 0 spiro atoms. The molecule has 5 rings (SSSR count). The minimum absolute atomic E-state index is 0.0134. The highest BCUT2D eigenvalue weighted by atomic mass is 19.4. The lowest BCUT2D eigenvalue weighted by Gasteiger charge is -2.21. The van der Waals surface area contributed by atoms with E-state index in [0.29, 0.717) is 11.8 Å². The Morgan fingerprint density at radius 1 is 1.07 bits per heavy atom. The number of para-hydroxylation sites is 2. The first-order valence-electron chi connectivity index (χ1n) is 9.17. The molecule has 1 aromatic carbocycles. The maximum Gasteiger partial charge on any atom is 0.470 e. The summed E-state index contributed by atoms with van der Waals surface area (Å²) in [7, 11) is 2.03. The second kappa shape index (κ2) is 6.20. The molecule has 2 atom stereocenters. The first-order chi connectivity index (χ1) is 13.4. The van der Waals surface area contributed by atoms with Crippen molar-refractivity contribution in [2.45, 2.75) is 12.7 Å². The number of hydrogen-bond acceptors (Lipinski definition) is 6. The van der Waals surface area contributed by atoms with Gasteiger partial charge in [-0.05, 0) is 24.0 Å². The number of benzene rings is 1. The first kappa shape index (κ1) is 17.5. The molecule has 28 heavy (non-hydrogen) atoms. The highest BCUT2D eigenvalue weighted by Crippen LogP contribution is 2.35. The maximum absolute atomic E-state index is 12.6. The Balaban J connectivity index is 1.25. The van der Waals surface area contributed by atoms with E-state index in [1.807, 2.05) is 25.2 Å². The normalized spacial score (nSPS) is 23.1. The van der Waals surface area contributed by atoms with Crippen LogP contribution < -0.4 is 4.90 Å². The molecule has 2 fully saturated rings. The van der Waals surface area contributed by atoms with Gasteiger partial charge in [0.1, 0.15) is 0 Å². The largest absolute Gasteiger partial charge is 0.470 e. The van der Waals surface area contributed by atoms with Gasteiger partial charge in [-0.25, -0.2) is 4.98 Å².